The molecule has 0 radical (unpaired) electrons. The summed E-state index contributed by atoms with van der Waals surface area (Å²) >= 11 is 0. The van der Waals surface area contributed by atoms with Gasteiger partial charge in [0.2, 0.25) is 0 Å². The fourth-order valence-corrected chi connectivity index (χ4v) is 2.67. The second-order valence-electron chi connectivity index (χ2n) is 6.25. The topological polar surface area (TPSA) is 64.1 Å². The molecule has 1 N–H and O–H groups in total. The molecule has 2 heterocycles. The largest absolute Gasteiger partial charge is 0.385 e. The first-order valence-electron chi connectivity index (χ1n) is 8.91. The summed E-state index contributed by atoms with van der Waals surface area (Å²) in [5.41, 5.74) is 2.75. The highest BCUT2D eigenvalue weighted by molar-refractivity contribution is 5.59. The van der Waals surface area contributed by atoms with Crippen molar-refractivity contribution in [1.29, 1.82) is 0 Å². The Morgan fingerprint density at radius 2 is 2.08 bits per heavy atom. The minimum absolute atomic E-state index is 0.505. The average molecular weight is 349 g/mol. The van der Waals surface area contributed by atoms with E-state index in [0.717, 1.165) is 29.7 Å². The molecule has 0 aliphatic rings. The molecule has 134 valence electrons. The number of hydrogen-bond donors (Lipinski definition) is 1. The van der Waals surface area contributed by atoms with Crippen LogP contribution in [0.25, 0.3) is 11.3 Å². The van der Waals surface area contributed by atoms with E-state index in [0.29, 0.717) is 18.1 Å². The number of imidazole rings is 1. The molecule has 1 atom stereocenters. The summed E-state index contributed by atoms with van der Waals surface area (Å²) in [5.74, 6) is 7.69. The Morgan fingerprint density at radius 3 is 2.81 bits per heavy atom. The van der Waals surface area contributed by atoms with Crippen molar-refractivity contribution < 1.29 is 9.63 Å². The number of aromatic nitrogens is 3. The minimum atomic E-state index is -0.623. The van der Waals surface area contributed by atoms with Crippen molar-refractivity contribution >= 4 is 0 Å². The third kappa shape index (κ3) is 4.41. The number of unbranched alkanes of at least 4 members (excludes halogenated alkanes) is 2. The van der Waals surface area contributed by atoms with Crippen LogP contribution in [-0.2, 0) is 6.54 Å². The molecule has 0 bridgehead atoms. The van der Waals surface area contributed by atoms with Gasteiger partial charge in [-0.15, -0.1) is 0 Å². The Hall–Kier alpha value is -2.84. The number of hydrogen-bond acceptors (Lipinski definition) is 4. The molecule has 5 heteroatoms. The van der Waals surface area contributed by atoms with E-state index in [1.165, 1.54) is 6.42 Å². The molecule has 0 unspecified atom stereocenters. The molecule has 3 aromatic rings. The van der Waals surface area contributed by atoms with Gasteiger partial charge in [-0.05, 0) is 37.6 Å². The Kier molecular flexibility index (Phi) is 5.88. The highest BCUT2D eigenvalue weighted by Crippen LogP contribution is 2.22. The molecule has 0 saturated carbocycles. The van der Waals surface area contributed by atoms with Gasteiger partial charge in [-0.1, -0.05) is 30.3 Å². The van der Waals surface area contributed by atoms with Gasteiger partial charge >= 0.3 is 0 Å². The lowest BCUT2D eigenvalue weighted by molar-refractivity contribution is 0.184. The summed E-state index contributed by atoms with van der Waals surface area (Å²) in [7, 11) is 0. The smallest absolute Gasteiger partial charge is 0.167 e. The SMILES string of the molecule is CCCCC#Cc1ccc(-c2cc(Cn3ccnc3[C@H](C)O)no2)cc1. The fraction of sp³-hybridized carbons (Fsp3) is 0.333. The van der Waals surface area contributed by atoms with Gasteiger partial charge < -0.3 is 14.2 Å². The first-order valence-corrected chi connectivity index (χ1v) is 8.91. The zero-order chi connectivity index (χ0) is 18.4. The fourth-order valence-electron chi connectivity index (χ4n) is 2.67. The maximum absolute atomic E-state index is 9.73. The monoisotopic (exact) mass is 349 g/mol. The van der Waals surface area contributed by atoms with Crippen molar-refractivity contribution in [2.24, 2.45) is 0 Å². The van der Waals surface area contributed by atoms with E-state index in [4.69, 9.17) is 4.52 Å². The molecule has 0 aliphatic heterocycles. The summed E-state index contributed by atoms with van der Waals surface area (Å²) < 4.78 is 7.33. The number of aliphatic hydroxyl groups is 1. The summed E-state index contributed by atoms with van der Waals surface area (Å²) in [6.07, 6.45) is 6.11. The second-order valence-corrected chi connectivity index (χ2v) is 6.25. The van der Waals surface area contributed by atoms with Crippen LogP contribution in [0.1, 0.15) is 56.3 Å². The predicted molar refractivity (Wildman–Crippen MR) is 100 cm³/mol. The molecule has 5 nitrogen and oxygen atoms in total. The van der Waals surface area contributed by atoms with Gasteiger partial charge in [0, 0.05) is 36.0 Å². The third-order valence-electron chi connectivity index (χ3n) is 4.07. The van der Waals surface area contributed by atoms with Crippen LogP contribution in [0, 0.1) is 11.8 Å². The zero-order valence-electron chi connectivity index (χ0n) is 15.1. The standard InChI is InChI=1S/C21H23N3O2/c1-3-4-5-6-7-17-8-10-18(11-9-17)20-14-19(23-26-20)15-24-13-12-22-21(24)16(2)25/h8-14,16,25H,3-5,15H2,1-2H3/t16-/m0/s1. The van der Waals surface area contributed by atoms with E-state index in [9.17, 15) is 5.11 Å². The van der Waals surface area contributed by atoms with Crippen LogP contribution in [-0.4, -0.2) is 19.8 Å². The van der Waals surface area contributed by atoms with Gasteiger partial charge in [0.05, 0.1) is 6.54 Å². The van der Waals surface area contributed by atoms with Gasteiger partial charge in [0.15, 0.2) is 5.76 Å². The molecule has 0 amide bonds. The van der Waals surface area contributed by atoms with Gasteiger partial charge in [0.1, 0.15) is 17.6 Å². The molecular weight excluding hydrogens is 326 g/mol. The lowest BCUT2D eigenvalue weighted by atomic mass is 10.1. The Morgan fingerprint density at radius 1 is 1.27 bits per heavy atom. The Labute approximate surface area is 153 Å². The van der Waals surface area contributed by atoms with Crippen LogP contribution >= 0.6 is 0 Å². The quantitative estimate of drug-likeness (QED) is 0.535. The van der Waals surface area contributed by atoms with Gasteiger partial charge in [0.25, 0.3) is 0 Å². The van der Waals surface area contributed by atoms with E-state index < -0.39 is 6.10 Å². The summed E-state index contributed by atoms with van der Waals surface area (Å²) in [4.78, 5) is 4.16. The van der Waals surface area contributed by atoms with Crippen molar-refractivity contribution in [2.75, 3.05) is 0 Å². The Balaban J connectivity index is 1.69. The summed E-state index contributed by atoms with van der Waals surface area (Å²) in [5, 5.41) is 13.9. The van der Waals surface area contributed by atoms with E-state index in [1.807, 2.05) is 41.1 Å². The maximum Gasteiger partial charge on any atom is 0.167 e. The van der Waals surface area contributed by atoms with Crippen LogP contribution in [0.2, 0.25) is 0 Å². The highest BCUT2D eigenvalue weighted by atomic mass is 16.5. The minimum Gasteiger partial charge on any atom is -0.385 e. The zero-order valence-corrected chi connectivity index (χ0v) is 15.1. The van der Waals surface area contributed by atoms with Gasteiger partial charge in [-0.25, -0.2) is 4.98 Å². The van der Waals surface area contributed by atoms with Crippen molar-refractivity contribution in [3.63, 3.8) is 0 Å². The predicted octanol–water partition coefficient (Wildman–Crippen LogP) is 4.18. The van der Waals surface area contributed by atoms with E-state index >= 15 is 0 Å². The van der Waals surface area contributed by atoms with Gasteiger partial charge in [-0.3, -0.25) is 0 Å². The van der Waals surface area contributed by atoms with Crippen molar-refractivity contribution in [3.8, 4) is 23.2 Å². The number of benzene rings is 1. The highest BCUT2D eigenvalue weighted by Gasteiger charge is 2.12. The molecule has 2 aromatic heterocycles. The van der Waals surface area contributed by atoms with E-state index in [1.54, 1.807) is 13.1 Å². The molecule has 0 aliphatic carbocycles. The van der Waals surface area contributed by atoms with Crippen molar-refractivity contribution in [3.05, 3.63) is 59.8 Å². The molecule has 26 heavy (non-hydrogen) atoms. The third-order valence-corrected chi connectivity index (χ3v) is 4.07. The number of nitrogens with zero attached hydrogens (tertiary/aromatic N) is 3. The molecule has 1 aromatic carbocycles. The molecular formula is C21H23N3O2. The summed E-state index contributed by atoms with van der Waals surface area (Å²) in [6.45, 7) is 4.37. The van der Waals surface area contributed by atoms with Crippen molar-refractivity contribution in [2.45, 2.75) is 45.8 Å². The van der Waals surface area contributed by atoms with Gasteiger partial charge in [-0.2, -0.15) is 0 Å². The summed E-state index contributed by atoms with van der Waals surface area (Å²) in [6, 6.07) is 9.89. The molecule has 0 spiro atoms. The average Bonchev–Trinajstić information content (AvgIpc) is 3.29. The lowest BCUT2D eigenvalue weighted by Crippen LogP contribution is -2.07. The van der Waals surface area contributed by atoms with Crippen LogP contribution in [0.4, 0.5) is 0 Å². The maximum atomic E-state index is 9.73. The van der Waals surface area contributed by atoms with Crippen LogP contribution in [0.15, 0.2) is 47.2 Å². The van der Waals surface area contributed by atoms with Crippen LogP contribution in [0.3, 0.4) is 0 Å². The normalized spacial score (nSPS) is 11.8. The first-order chi connectivity index (χ1) is 12.7. The van der Waals surface area contributed by atoms with E-state index in [2.05, 4.69) is 28.9 Å². The molecule has 0 fully saturated rings. The first kappa shape index (κ1) is 18.0. The second kappa shape index (κ2) is 8.50. The Bertz CT molecular complexity index is 895. The molecule has 0 saturated heterocycles. The van der Waals surface area contributed by atoms with Crippen molar-refractivity contribution in [1.82, 2.24) is 14.7 Å². The van der Waals surface area contributed by atoms with Crippen LogP contribution in [0.5, 0.6) is 0 Å². The number of rotatable bonds is 6. The molecule has 3 rings (SSSR count). The lowest BCUT2D eigenvalue weighted by Gasteiger charge is -2.07. The number of aliphatic hydroxyl groups excluding tert-OH is 1. The van der Waals surface area contributed by atoms with E-state index in [-0.39, 0.29) is 0 Å². The van der Waals surface area contributed by atoms with Crippen LogP contribution < -0.4 is 0 Å².